The van der Waals surface area contributed by atoms with Gasteiger partial charge in [-0.15, -0.1) is 0 Å². The standard InChI is InChI=1S/C9H15ClN2O/c1-3-12-6-11-9(10)8(12)5-4-7(2)13/h6-7,13H,3-5H2,1-2H3. The highest BCUT2D eigenvalue weighted by atomic mass is 35.5. The Labute approximate surface area is 83.4 Å². The molecule has 74 valence electrons. The SMILES string of the molecule is CCn1cnc(Cl)c1CCC(C)O. The molecule has 0 saturated heterocycles. The lowest BCUT2D eigenvalue weighted by Crippen LogP contribution is -2.06. The van der Waals surface area contributed by atoms with Crippen molar-refractivity contribution >= 4 is 11.6 Å². The number of hydrogen-bond donors (Lipinski definition) is 1. The first-order valence-electron chi connectivity index (χ1n) is 4.52. The second-order valence-electron chi connectivity index (χ2n) is 3.16. The lowest BCUT2D eigenvalue weighted by Gasteiger charge is -2.06. The van der Waals surface area contributed by atoms with Crippen LogP contribution in [0.25, 0.3) is 0 Å². The van der Waals surface area contributed by atoms with Gasteiger partial charge in [-0.25, -0.2) is 4.98 Å². The zero-order valence-electron chi connectivity index (χ0n) is 8.00. The summed E-state index contributed by atoms with van der Waals surface area (Å²) >= 11 is 5.89. The van der Waals surface area contributed by atoms with Crippen LogP contribution in [0, 0.1) is 0 Å². The van der Waals surface area contributed by atoms with Crippen molar-refractivity contribution in [1.82, 2.24) is 9.55 Å². The average Bonchev–Trinajstić information content (AvgIpc) is 2.43. The molecule has 4 heteroatoms. The normalized spacial score (nSPS) is 13.2. The van der Waals surface area contributed by atoms with Crippen LogP contribution in [0.5, 0.6) is 0 Å². The molecule has 0 aromatic carbocycles. The number of aliphatic hydroxyl groups is 1. The molecular weight excluding hydrogens is 188 g/mol. The highest BCUT2D eigenvalue weighted by molar-refractivity contribution is 6.30. The zero-order chi connectivity index (χ0) is 9.84. The van der Waals surface area contributed by atoms with Crippen LogP contribution in [0.2, 0.25) is 5.15 Å². The van der Waals surface area contributed by atoms with E-state index in [0.29, 0.717) is 5.15 Å². The van der Waals surface area contributed by atoms with Crippen LogP contribution < -0.4 is 0 Å². The predicted molar refractivity (Wildman–Crippen MR) is 52.9 cm³/mol. The van der Waals surface area contributed by atoms with Gasteiger partial charge in [0.15, 0.2) is 0 Å². The smallest absolute Gasteiger partial charge is 0.150 e. The maximum atomic E-state index is 9.13. The van der Waals surface area contributed by atoms with Crippen molar-refractivity contribution in [2.24, 2.45) is 0 Å². The van der Waals surface area contributed by atoms with E-state index >= 15 is 0 Å². The predicted octanol–water partition coefficient (Wildman–Crippen LogP) is 1.87. The second-order valence-corrected chi connectivity index (χ2v) is 3.51. The van der Waals surface area contributed by atoms with Gasteiger partial charge in [0.25, 0.3) is 0 Å². The van der Waals surface area contributed by atoms with Gasteiger partial charge in [-0.1, -0.05) is 11.6 Å². The van der Waals surface area contributed by atoms with E-state index in [4.69, 9.17) is 16.7 Å². The number of aliphatic hydroxyl groups excluding tert-OH is 1. The number of hydrogen-bond acceptors (Lipinski definition) is 2. The summed E-state index contributed by atoms with van der Waals surface area (Å²) < 4.78 is 2.00. The molecule has 0 aliphatic rings. The van der Waals surface area contributed by atoms with Crippen LogP contribution in [-0.4, -0.2) is 20.8 Å². The van der Waals surface area contributed by atoms with E-state index in [1.165, 1.54) is 0 Å². The van der Waals surface area contributed by atoms with Gasteiger partial charge in [-0.3, -0.25) is 0 Å². The van der Waals surface area contributed by atoms with Crippen molar-refractivity contribution < 1.29 is 5.11 Å². The third kappa shape index (κ3) is 2.71. The van der Waals surface area contributed by atoms with E-state index in [9.17, 15) is 0 Å². The minimum absolute atomic E-state index is 0.281. The molecule has 1 heterocycles. The minimum Gasteiger partial charge on any atom is -0.393 e. The molecule has 0 aliphatic carbocycles. The van der Waals surface area contributed by atoms with E-state index < -0.39 is 0 Å². The number of rotatable bonds is 4. The monoisotopic (exact) mass is 202 g/mol. The van der Waals surface area contributed by atoms with E-state index in [-0.39, 0.29) is 6.10 Å². The largest absolute Gasteiger partial charge is 0.393 e. The summed E-state index contributed by atoms with van der Waals surface area (Å²) in [6.07, 6.45) is 2.96. The lowest BCUT2D eigenvalue weighted by molar-refractivity contribution is 0.184. The third-order valence-corrected chi connectivity index (χ3v) is 2.35. The number of halogens is 1. The Morgan fingerprint density at radius 2 is 2.38 bits per heavy atom. The van der Waals surface area contributed by atoms with Gasteiger partial charge in [-0.05, 0) is 26.7 Å². The van der Waals surface area contributed by atoms with Crippen LogP contribution in [0.1, 0.15) is 26.0 Å². The fourth-order valence-corrected chi connectivity index (χ4v) is 1.49. The molecule has 0 amide bonds. The van der Waals surface area contributed by atoms with Crippen molar-refractivity contribution in [3.05, 3.63) is 17.2 Å². The summed E-state index contributed by atoms with van der Waals surface area (Å²) in [5, 5.41) is 9.69. The molecule has 0 radical (unpaired) electrons. The van der Waals surface area contributed by atoms with Crippen LogP contribution in [0.4, 0.5) is 0 Å². The van der Waals surface area contributed by atoms with Gasteiger partial charge in [0.1, 0.15) is 5.15 Å². The van der Waals surface area contributed by atoms with Crippen molar-refractivity contribution in [2.75, 3.05) is 0 Å². The van der Waals surface area contributed by atoms with E-state index in [0.717, 1.165) is 25.1 Å². The molecule has 1 aromatic rings. The summed E-state index contributed by atoms with van der Waals surface area (Å²) in [5.74, 6) is 0. The molecule has 13 heavy (non-hydrogen) atoms. The fourth-order valence-electron chi connectivity index (χ4n) is 1.25. The fraction of sp³-hybridized carbons (Fsp3) is 0.667. The molecular formula is C9H15ClN2O. The van der Waals surface area contributed by atoms with Crippen LogP contribution in [-0.2, 0) is 13.0 Å². The van der Waals surface area contributed by atoms with Gasteiger partial charge >= 0.3 is 0 Å². The van der Waals surface area contributed by atoms with Crippen molar-refractivity contribution in [3.8, 4) is 0 Å². The number of aryl methyl sites for hydroxylation is 1. The molecule has 1 atom stereocenters. The minimum atomic E-state index is -0.281. The van der Waals surface area contributed by atoms with Crippen LogP contribution in [0.15, 0.2) is 6.33 Å². The molecule has 0 saturated carbocycles. The maximum absolute atomic E-state index is 9.13. The molecule has 1 rings (SSSR count). The van der Waals surface area contributed by atoms with Gasteiger partial charge < -0.3 is 9.67 Å². The highest BCUT2D eigenvalue weighted by Gasteiger charge is 2.08. The first-order chi connectivity index (χ1) is 6.15. The summed E-state index contributed by atoms with van der Waals surface area (Å²) in [5.41, 5.74) is 1.02. The number of aromatic nitrogens is 2. The summed E-state index contributed by atoms with van der Waals surface area (Å²) in [6.45, 7) is 4.69. The van der Waals surface area contributed by atoms with Crippen LogP contribution >= 0.6 is 11.6 Å². The first-order valence-corrected chi connectivity index (χ1v) is 4.90. The first kappa shape index (κ1) is 10.5. The van der Waals surface area contributed by atoms with Gasteiger partial charge in [-0.2, -0.15) is 0 Å². The van der Waals surface area contributed by atoms with E-state index in [2.05, 4.69) is 4.98 Å². The Hall–Kier alpha value is -0.540. The Morgan fingerprint density at radius 3 is 2.92 bits per heavy atom. The molecule has 1 unspecified atom stereocenters. The summed E-state index contributed by atoms with van der Waals surface area (Å²) in [7, 11) is 0. The number of imidazole rings is 1. The molecule has 0 fully saturated rings. The Kier molecular flexibility index (Phi) is 3.75. The summed E-state index contributed by atoms with van der Waals surface area (Å²) in [6, 6.07) is 0. The summed E-state index contributed by atoms with van der Waals surface area (Å²) in [4.78, 5) is 4.01. The molecule has 0 bridgehead atoms. The molecule has 0 aliphatic heterocycles. The van der Waals surface area contributed by atoms with Crippen molar-refractivity contribution in [1.29, 1.82) is 0 Å². The topological polar surface area (TPSA) is 38.0 Å². The molecule has 0 spiro atoms. The van der Waals surface area contributed by atoms with Gasteiger partial charge in [0, 0.05) is 6.54 Å². The molecule has 3 nitrogen and oxygen atoms in total. The Balaban J connectivity index is 2.68. The average molecular weight is 203 g/mol. The molecule has 1 aromatic heterocycles. The highest BCUT2D eigenvalue weighted by Crippen LogP contribution is 2.16. The van der Waals surface area contributed by atoms with Crippen molar-refractivity contribution in [2.45, 2.75) is 39.3 Å². The van der Waals surface area contributed by atoms with Crippen LogP contribution in [0.3, 0.4) is 0 Å². The number of nitrogens with zero attached hydrogens (tertiary/aromatic N) is 2. The van der Waals surface area contributed by atoms with Gasteiger partial charge in [0.05, 0.1) is 18.1 Å². The zero-order valence-corrected chi connectivity index (χ0v) is 8.75. The maximum Gasteiger partial charge on any atom is 0.150 e. The van der Waals surface area contributed by atoms with Crippen molar-refractivity contribution in [3.63, 3.8) is 0 Å². The molecule has 1 N–H and O–H groups in total. The van der Waals surface area contributed by atoms with E-state index in [1.54, 1.807) is 13.3 Å². The van der Waals surface area contributed by atoms with Gasteiger partial charge in [0.2, 0.25) is 0 Å². The van der Waals surface area contributed by atoms with E-state index in [1.807, 2.05) is 11.5 Å². The quantitative estimate of drug-likeness (QED) is 0.810. The third-order valence-electron chi connectivity index (χ3n) is 2.03. The Morgan fingerprint density at radius 1 is 1.69 bits per heavy atom. The second kappa shape index (κ2) is 4.63. The Bertz CT molecular complexity index is 271. The lowest BCUT2D eigenvalue weighted by atomic mass is 10.2.